The van der Waals surface area contributed by atoms with Gasteiger partial charge >= 0.3 is 0 Å². The topological polar surface area (TPSA) is 12.0 Å². The van der Waals surface area contributed by atoms with E-state index in [0.29, 0.717) is 12.1 Å². The second-order valence-corrected chi connectivity index (χ2v) is 7.31. The van der Waals surface area contributed by atoms with Crippen molar-refractivity contribution in [3.63, 3.8) is 0 Å². The molecule has 1 N–H and O–H groups in total. The lowest BCUT2D eigenvalue weighted by atomic mass is 9.79. The monoisotopic (exact) mass is 259 g/mol. The summed E-state index contributed by atoms with van der Waals surface area (Å²) in [4.78, 5) is 0. The van der Waals surface area contributed by atoms with Crippen molar-refractivity contribution in [2.24, 2.45) is 11.3 Å². The van der Waals surface area contributed by atoms with E-state index in [1.54, 1.807) is 0 Å². The first kappa shape index (κ1) is 14.6. The quantitative estimate of drug-likeness (QED) is 0.789. The third-order valence-corrected chi connectivity index (χ3v) is 4.36. The molecule has 0 heterocycles. The molecule has 1 aromatic rings. The summed E-state index contributed by atoms with van der Waals surface area (Å²) < 4.78 is 0. The van der Waals surface area contributed by atoms with Crippen molar-refractivity contribution in [1.82, 2.24) is 5.32 Å². The lowest BCUT2D eigenvalue weighted by Gasteiger charge is -2.36. The molecule has 1 heteroatoms. The minimum Gasteiger partial charge on any atom is -0.307 e. The number of nitrogens with one attached hydrogen (secondary N) is 1. The standard InChI is InChI=1S/C18H29N/c1-14(13-15-9-8-10-15)19-17(18(2,3)4)16-11-6-5-7-12-16/h5-7,11-12,14-15,17,19H,8-10,13H2,1-4H3. The number of hydrogen-bond acceptors (Lipinski definition) is 1. The van der Waals surface area contributed by atoms with Crippen molar-refractivity contribution in [3.8, 4) is 0 Å². The second-order valence-electron chi connectivity index (χ2n) is 7.31. The Morgan fingerprint density at radius 1 is 1.16 bits per heavy atom. The van der Waals surface area contributed by atoms with Crippen molar-refractivity contribution >= 4 is 0 Å². The highest BCUT2D eigenvalue weighted by Crippen LogP contribution is 2.35. The van der Waals surface area contributed by atoms with E-state index < -0.39 is 0 Å². The van der Waals surface area contributed by atoms with E-state index in [-0.39, 0.29) is 5.41 Å². The fraction of sp³-hybridized carbons (Fsp3) is 0.667. The molecule has 1 saturated carbocycles. The molecule has 1 aliphatic carbocycles. The van der Waals surface area contributed by atoms with Crippen LogP contribution in [0.2, 0.25) is 0 Å². The summed E-state index contributed by atoms with van der Waals surface area (Å²) in [6.45, 7) is 9.33. The van der Waals surface area contributed by atoms with Crippen LogP contribution in [0, 0.1) is 11.3 Å². The zero-order valence-electron chi connectivity index (χ0n) is 12.9. The molecule has 2 unspecified atom stereocenters. The molecule has 0 amide bonds. The van der Waals surface area contributed by atoms with Crippen molar-refractivity contribution in [2.75, 3.05) is 0 Å². The zero-order chi connectivity index (χ0) is 13.9. The Bertz CT molecular complexity index is 372. The summed E-state index contributed by atoms with van der Waals surface area (Å²) in [5, 5.41) is 3.87. The number of rotatable bonds is 5. The van der Waals surface area contributed by atoms with Crippen LogP contribution in [-0.4, -0.2) is 6.04 Å². The molecule has 0 radical (unpaired) electrons. The van der Waals surface area contributed by atoms with Gasteiger partial charge in [-0.15, -0.1) is 0 Å². The van der Waals surface area contributed by atoms with Gasteiger partial charge in [-0.1, -0.05) is 70.4 Å². The highest BCUT2D eigenvalue weighted by atomic mass is 15.0. The van der Waals surface area contributed by atoms with Gasteiger partial charge in [0.1, 0.15) is 0 Å². The lowest BCUT2D eigenvalue weighted by Crippen LogP contribution is -2.39. The average molecular weight is 259 g/mol. The summed E-state index contributed by atoms with van der Waals surface area (Å²) >= 11 is 0. The van der Waals surface area contributed by atoms with Gasteiger partial charge < -0.3 is 5.32 Å². The van der Waals surface area contributed by atoms with Crippen LogP contribution in [0.25, 0.3) is 0 Å². The minimum atomic E-state index is 0.245. The van der Waals surface area contributed by atoms with E-state index in [1.807, 2.05) is 0 Å². The number of benzene rings is 1. The normalized spacial score (nSPS) is 19.8. The van der Waals surface area contributed by atoms with Crippen LogP contribution in [0.5, 0.6) is 0 Å². The van der Waals surface area contributed by atoms with Gasteiger partial charge in [-0.05, 0) is 30.2 Å². The molecule has 2 atom stereocenters. The molecule has 106 valence electrons. The van der Waals surface area contributed by atoms with E-state index in [4.69, 9.17) is 0 Å². The molecular formula is C18H29N. The number of hydrogen-bond donors (Lipinski definition) is 1. The highest BCUT2D eigenvalue weighted by Gasteiger charge is 2.28. The largest absolute Gasteiger partial charge is 0.307 e. The first-order chi connectivity index (χ1) is 8.97. The molecule has 1 aromatic carbocycles. The van der Waals surface area contributed by atoms with Crippen LogP contribution < -0.4 is 5.32 Å². The van der Waals surface area contributed by atoms with Gasteiger partial charge in [0.2, 0.25) is 0 Å². The minimum absolute atomic E-state index is 0.245. The van der Waals surface area contributed by atoms with Crippen LogP contribution in [0.4, 0.5) is 0 Å². The van der Waals surface area contributed by atoms with Gasteiger partial charge in [-0.25, -0.2) is 0 Å². The van der Waals surface area contributed by atoms with Crippen molar-refractivity contribution in [3.05, 3.63) is 35.9 Å². The van der Waals surface area contributed by atoms with E-state index in [2.05, 4.69) is 63.3 Å². The molecular weight excluding hydrogens is 230 g/mol. The van der Waals surface area contributed by atoms with Crippen LogP contribution in [0.3, 0.4) is 0 Å². The summed E-state index contributed by atoms with van der Waals surface area (Å²) in [6.07, 6.45) is 5.66. The predicted octanol–water partition coefficient (Wildman–Crippen LogP) is 4.94. The summed E-state index contributed by atoms with van der Waals surface area (Å²) in [6, 6.07) is 11.9. The van der Waals surface area contributed by atoms with Gasteiger partial charge in [0, 0.05) is 12.1 Å². The molecule has 19 heavy (non-hydrogen) atoms. The molecule has 2 rings (SSSR count). The van der Waals surface area contributed by atoms with Gasteiger partial charge in [0.25, 0.3) is 0 Å². The van der Waals surface area contributed by atoms with E-state index in [1.165, 1.54) is 31.2 Å². The van der Waals surface area contributed by atoms with Crippen molar-refractivity contribution in [1.29, 1.82) is 0 Å². The van der Waals surface area contributed by atoms with Gasteiger partial charge in [0.05, 0.1) is 0 Å². The summed E-state index contributed by atoms with van der Waals surface area (Å²) in [5.74, 6) is 0.971. The Morgan fingerprint density at radius 3 is 2.26 bits per heavy atom. The highest BCUT2D eigenvalue weighted by molar-refractivity contribution is 5.21. The summed E-state index contributed by atoms with van der Waals surface area (Å²) in [5.41, 5.74) is 1.66. The molecule has 1 nitrogen and oxygen atoms in total. The Morgan fingerprint density at radius 2 is 1.79 bits per heavy atom. The Hall–Kier alpha value is -0.820. The third-order valence-electron chi connectivity index (χ3n) is 4.36. The third kappa shape index (κ3) is 4.07. The first-order valence-corrected chi connectivity index (χ1v) is 7.78. The Labute approximate surface area is 118 Å². The van der Waals surface area contributed by atoms with E-state index >= 15 is 0 Å². The molecule has 0 aromatic heterocycles. The molecule has 0 spiro atoms. The van der Waals surface area contributed by atoms with Gasteiger partial charge in [-0.3, -0.25) is 0 Å². The lowest BCUT2D eigenvalue weighted by molar-refractivity contribution is 0.213. The van der Waals surface area contributed by atoms with Crippen LogP contribution in [-0.2, 0) is 0 Å². The fourth-order valence-corrected chi connectivity index (χ4v) is 3.07. The second kappa shape index (κ2) is 6.09. The van der Waals surface area contributed by atoms with Crippen molar-refractivity contribution < 1.29 is 0 Å². The van der Waals surface area contributed by atoms with Crippen molar-refractivity contribution in [2.45, 2.75) is 65.5 Å². The Kier molecular flexibility index (Phi) is 4.67. The van der Waals surface area contributed by atoms with Gasteiger partial charge in [-0.2, -0.15) is 0 Å². The van der Waals surface area contributed by atoms with Crippen LogP contribution in [0.1, 0.15) is 65.0 Å². The maximum Gasteiger partial charge on any atom is 0.0371 e. The van der Waals surface area contributed by atoms with E-state index in [9.17, 15) is 0 Å². The smallest absolute Gasteiger partial charge is 0.0371 e. The van der Waals surface area contributed by atoms with E-state index in [0.717, 1.165) is 5.92 Å². The van der Waals surface area contributed by atoms with Crippen LogP contribution >= 0.6 is 0 Å². The molecule has 0 saturated heterocycles. The Balaban J connectivity index is 2.01. The fourth-order valence-electron chi connectivity index (χ4n) is 3.07. The average Bonchev–Trinajstić information content (AvgIpc) is 2.30. The summed E-state index contributed by atoms with van der Waals surface area (Å²) in [7, 11) is 0. The molecule has 1 aliphatic rings. The maximum atomic E-state index is 3.87. The van der Waals surface area contributed by atoms with Gasteiger partial charge in [0.15, 0.2) is 0 Å². The first-order valence-electron chi connectivity index (χ1n) is 7.78. The predicted molar refractivity (Wildman–Crippen MR) is 83.2 cm³/mol. The SMILES string of the molecule is CC(CC1CCC1)NC(c1ccccc1)C(C)(C)C. The van der Waals surface area contributed by atoms with Crippen LogP contribution in [0.15, 0.2) is 30.3 Å². The zero-order valence-corrected chi connectivity index (χ0v) is 12.9. The molecule has 0 bridgehead atoms. The molecule has 1 fully saturated rings. The maximum absolute atomic E-state index is 3.87. The molecule has 0 aliphatic heterocycles.